The molecule has 0 bridgehead atoms. The summed E-state index contributed by atoms with van der Waals surface area (Å²) in [5.41, 5.74) is 3.33. The average molecular weight is 318 g/mol. The maximum atomic E-state index is 11.1. The highest BCUT2D eigenvalue weighted by Crippen LogP contribution is 2.24. The molecular weight excluding hydrogens is 296 g/mol. The van der Waals surface area contributed by atoms with Gasteiger partial charge in [-0.05, 0) is 41.0 Å². The Labute approximate surface area is 142 Å². The highest BCUT2D eigenvalue weighted by molar-refractivity contribution is 5.88. The Balaban J connectivity index is 1.68. The molecule has 0 fully saturated rings. The van der Waals surface area contributed by atoms with E-state index in [2.05, 4.69) is 60.0 Å². The molecule has 0 unspecified atom stereocenters. The van der Waals surface area contributed by atoms with Gasteiger partial charge in [-0.3, -0.25) is 4.79 Å². The fraction of sp³-hybridized carbons (Fsp3) is 0.190. The van der Waals surface area contributed by atoms with Crippen molar-refractivity contribution < 1.29 is 4.79 Å². The zero-order valence-corrected chi connectivity index (χ0v) is 14.0. The van der Waals surface area contributed by atoms with Crippen LogP contribution in [0.5, 0.6) is 0 Å². The number of hydrogen-bond donors (Lipinski definition) is 2. The predicted octanol–water partition coefficient (Wildman–Crippen LogP) is 4.65. The first kappa shape index (κ1) is 16.2. The molecule has 122 valence electrons. The summed E-state index contributed by atoms with van der Waals surface area (Å²) in [5, 5.41) is 8.92. The maximum Gasteiger partial charge on any atom is 0.221 e. The molecule has 2 N–H and O–H groups in total. The van der Waals surface area contributed by atoms with Crippen LogP contribution in [0.4, 0.5) is 5.69 Å². The maximum absolute atomic E-state index is 11.1. The van der Waals surface area contributed by atoms with Gasteiger partial charge in [0.05, 0.1) is 0 Å². The van der Waals surface area contributed by atoms with E-state index >= 15 is 0 Å². The summed E-state index contributed by atoms with van der Waals surface area (Å²) >= 11 is 0. The number of fused-ring (bicyclic) bond motifs is 1. The van der Waals surface area contributed by atoms with Crippen LogP contribution >= 0.6 is 0 Å². The van der Waals surface area contributed by atoms with Crippen LogP contribution in [0.1, 0.15) is 31.0 Å². The first-order chi connectivity index (χ1) is 11.6. The average Bonchev–Trinajstić information content (AvgIpc) is 2.60. The van der Waals surface area contributed by atoms with Gasteiger partial charge in [0.2, 0.25) is 5.91 Å². The molecule has 0 aliphatic rings. The molecule has 0 saturated heterocycles. The third kappa shape index (κ3) is 3.81. The Bertz CT molecular complexity index is 835. The second-order valence-corrected chi connectivity index (χ2v) is 6.05. The zero-order chi connectivity index (χ0) is 16.9. The highest BCUT2D eigenvalue weighted by Gasteiger charge is 2.08. The minimum absolute atomic E-state index is 0.0505. The molecule has 1 amide bonds. The molecule has 0 aromatic heterocycles. The van der Waals surface area contributed by atoms with Crippen molar-refractivity contribution in [1.29, 1.82) is 0 Å². The number of anilines is 1. The Morgan fingerprint density at radius 3 is 2.42 bits per heavy atom. The van der Waals surface area contributed by atoms with Gasteiger partial charge in [0, 0.05) is 25.2 Å². The normalized spacial score (nSPS) is 12.1. The van der Waals surface area contributed by atoms with E-state index in [0.717, 1.165) is 12.2 Å². The first-order valence-electron chi connectivity index (χ1n) is 8.21. The highest BCUT2D eigenvalue weighted by atomic mass is 16.1. The van der Waals surface area contributed by atoms with Crippen LogP contribution < -0.4 is 10.6 Å². The molecule has 3 heteroatoms. The quantitative estimate of drug-likeness (QED) is 0.719. The van der Waals surface area contributed by atoms with Crippen LogP contribution in [0.3, 0.4) is 0 Å². The van der Waals surface area contributed by atoms with E-state index in [9.17, 15) is 4.79 Å². The lowest BCUT2D eigenvalue weighted by atomic mass is 9.99. The summed E-state index contributed by atoms with van der Waals surface area (Å²) in [5.74, 6) is -0.0505. The zero-order valence-electron chi connectivity index (χ0n) is 14.0. The first-order valence-corrected chi connectivity index (χ1v) is 8.21. The lowest BCUT2D eigenvalue weighted by Gasteiger charge is -2.17. The molecule has 1 atom stereocenters. The van der Waals surface area contributed by atoms with Gasteiger partial charge in [0.1, 0.15) is 0 Å². The number of amides is 1. The lowest BCUT2D eigenvalue weighted by Crippen LogP contribution is -2.18. The molecule has 24 heavy (non-hydrogen) atoms. The van der Waals surface area contributed by atoms with Crippen LogP contribution in [0.15, 0.2) is 66.7 Å². The number of benzene rings is 3. The van der Waals surface area contributed by atoms with Crippen LogP contribution in [-0.2, 0) is 11.3 Å². The number of rotatable bonds is 5. The van der Waals surface area contributed by atoms with Gasteiger partial charge in [-0.2, -0.15) is 0 Å². The van der Waals surface area contributed by atoms with Gasteiger partial charge in [-0.1, -0.05) is 54.6 Å². The van der Waals surface area contributed by atoms with Crippen LogP contribution in [0.2, 0.25) is 0 Å². The molecular formula is C21H22N2O. The summed E-state index contributed by atoms with van der Waals surface area (Å²) in [6.45, 7) is 4.49. The molecule has 0 spiro atoms. The van der Waals surface area contributed by atoms with Crippen LogP contribution in [-0.4, -0.2) is 5.91 Å². The Morgan fingerprint density at radius 1 is 0.958 bits per heavy atom. The van der Waals surface area contributed by atoms with Crippen molar-refractivity contribution in [2.45, 2.75) is 26.4 Å². The van der Waals surface area contributed by atoms with Crippen molar-refractivity contribution in [3.05, 3.63) is 77.9 Å². The van der Waals surface area contributed by atoms with Crippen molar-refractivity contribution in [2.75, 3.05) is 5.32 Å². The van der Waals surface area contributed by atoms with E-state index in [0.29, 0.717) is 0 Å². The fourth-order valence-electron chi connectivity index (χ4n) is 2.92. The second-order valence-electron chi connectivity index (χ2n) is 6.05. The number of carbonyl (C=O) groups is 1. The van der Waals surface area contributed by atoms with E-state index in [-0.39, 0.29) is 11.9 Å². The fourth-order valence-corrected chi connectivity index (χ4v) is 2.92. The lowest BCUT2D eigenvalue weighted by molar-refractivity contribution is -0.114. The van der Waals surface area contributed by atoms with Gasteiger partial charge in [-0.15, -0.1) is 0 Å². The molecule has 3 nitrogen and oxygen atoms in total. The number of hydrogen-bond acceptors (Lipinski definition) is 2. The summed E-state index contributed by atoms with van der Waals surface area (Å²) < 4.78 is 0. The van der Waals surface area contributed by atoms with E-state index < -0.39 is 0 Å². The van der Waals surface area contributed by atoms with Gasteiger partial charge in [0.15, 0.2) is 0 Å². The molecule has 3 rings (SSSR count). The third-order valence-corrected chi connectivity index (χ3v) is 4.18. The minimum atomic E-state index is -0.0505. The van der Waals surface area contributed by atoms with Gasteiger partial charge >= 0.3 is 0 Å². The molecule has 0 aliphatic heterocycles. The van der Waals surface area contributed by atoms with Gasteiger partial charge in [0.25, 0.3) is 0 Å². The SMILES string of the molecule is CC(=O)Nc1ccc(CN[C@H](C)c2cccc3ccccc23)cc1. The van der Waals surface area contributed by atoms with Crippen LogP contribution in [0.25, 0.3) is 10.8 Å². The molecule has 0 saturated carbocycles. The Hall–Kier alpha value is -2.65. The van der Waals surface area contributed by atoms with E-state index in [1.54, 1.807) is 0 Å². The van der Waals surface area contributed by atoms with Crippen molar-refractivity contribution in [3.63, 3.8) is 0 Å². The summed E-state index contributed by atoms with van der Waals surface area (Å²) in [4.78, 5) is 11.1. The van der Waals surface area contributed by atoms with Gasteiger partial charge < -0.3 is 10.6 Å². The predicted molar refractivity (Wildman–Crippen MR) is 99.9 cm³/mol. The standard InChI is InChI=1S/C21H22N2O/c1-15(20-9-5-7-18-6-3-4-8-21(18)20)22-14-17-10-12-19(13-11-17)23-16(2)24/h3-13,15,22H,14H2,1-2H3,(H,23,24)/t15-/m1/s1. The molecule has 0 aliphatic carbocycles. The van der Waals surface area contributed by atoms with Crippen molar-refractivity contribution >= 4 is 22.4 Å². The minimum Gasteiger partial charge on any atom is -0.326 e. The van der Waals surface area contributed by atoms with Crippen LogP contribution in [0, 0.1) is 0 Å². The molecule has 0 heterocycles. The van der Waals surface area contributed by atoms with Crippen molar-refractivity contribution in [1.82, 2.24) is 5.32 Å². The molecule has 3 aromatic rings. The third-order valence-electron chi connectivity index (χ3n) is 4.18. The smallest absolute Gasteiger partial charge is 0.221 e. The molecule has 0 radical (unpaired) electrons. The second kappa shape index (κ2) is 7.28. The topological polar surface area (TPSA) is 41.1 Å². The van der Waals surface area contributed by atoms with Gasteiger partial charge in [-0.25, -0.2) is 0 Å². The number of nitrogens with one attached hydrogen (secondary N) is 2. The monoisotopic (exact) mass is 318 g/mol. The largest absolute Gasteiger partial charge is 0.326 e. The Morgan fingerprint density at radius 2 is 1.67 bits per heavy atom. The van der Waals surface area contributed by atoms with Crippen molar-refractivity contribution in [2.24, 2.45) is 0 Å². The summed E-state index contributed by atoms with van der Waals surface area (Å²) in [6, 6.07) is 23.1. The van der Waals surface area contributed by atoms with E-state index in [1.165, 1.54) is 28.8 Å². The summed E-state index contributed by atoms with van der Waals surface area (Å²) in [6.07, 6.45) is 0. The molecule has 3 aromatic carbocycles. The summed E-state index contributed by atoms with van der Waals surface area (Å²) in [7, 11) is 0. The van der Waals surface area contributed by atoms with E-state index in [1.807, 2.05) is 24.3 Å². The Kier molecular flexibility index (Phi) is 4.92. The van der Waals surface area contributed by atoms with Crippen molar-refractivity contribution in [3.8, 4) is 0 Å². The number of carbonyl (C=O) groups excluding carboxylic acids is 1. The van der Waals surface area contributed by atoms with E-state index in [4.69, 9.17) is 0 Å².